The Morgan fingerprint density at radius 2 is 2.33 bits per heavy atom. The molecule has 86 valence electrons. The Balaban J connectivity index is 2.92. The molecule has 0 saturated carbocycles. The molecular weight excluding hydrogens is 214 g/mol. The standard InChI is InChI=1S/C10H18ClN3O/c1-4-12-9(7-15-3)10-8(11)6-13-14(10)5-2/h6,9,12H,4-5,7H2,1-3H3. The predicted molar refractivity (Wildman–Crippen MR) is 61.2 cm³/mol. The van der Waals surface area contributed by atoms with Crippen LogP contribution < -0.4 is 5.32 Å². The predicted octanol–water partition coefficient (Wildman–Crippen LogP) is 1.85. The van der Waals surface area contributed by atoms with Crippen molar-refractivity contribution in [3.05, 3.63) is 16.9 Å². The number of aromatic nitrogens is 2. The summed E-state index contributed by atoms with van der Waals surface area (Å²) in [5.41, 5.74) is 1.00. The van der Waals surface area contributed by atoms with Gasteiger partial charge in [0, 0.05) is 13.7 Å². The van der Waals surface area contributed by atoms with Gasteiger partial charge < -0.3 is 10.1 Å². The molecule has 0 aliphatic heterocycles. The van der Waals surface area contributed by atoms with Crippen molar-refractivity contribution in [2.45, 2.75) is 26.4 Å². The van der Waals surface area contributed by atoms with E-state index in [1.807, 2.05) is 11.6 Å². The number of likely N-dealkylation sites (N-methyl/N-ethyl adjacent to an activating group) is 1. The van der Waals surface area contributed by atoms with Crippen LogP contribution in [-0.2, 0) is 11.3 Å². The van der Waals surface area contributed by atoms with E-state index in [4.69, 9.17) is 16.3 Å². The third-order valence-electron chi connectivity index (χ3n) is 2.25. The molecule has 15 heavy (non-hydrogen) atoms. The minimum absolute atomic E-state index is 0.106. The Kier molecular flexibility index (Phi) is 5.08. The molecule has 1 atom stereocenters. The van der Waals surface area contributed by atoms with Gasteiger partial charge in [0.1, 0.15) is 0 Å². The highest BCUT2D eigenvalue weighted by atomic mass is 35.5. The van der Waals surface area contributed by atoms with E-state index in [1.165, 1.54) is 0 Å². The lowest BCUT2D eigenvalue weighted by molar-refractivity contribution is 0.164. The van der Waals surface area contributed by atoms with E-state index in [2.05, 4.69) is 17.3 Å². The third kappa shape index (κ3) is 2.93. The summed E-state index contributed by atoms with van der Waals surface area (Å²) in [6.45, 7) is 6.39. The molecule has 0 aromatic carbocycles. The number of nitrogens with zero attached hydrogens (tertiary/aromatic N) is 2. The lowest BCUT2D eigenvalue weighted by Gasteiger charge is -2.18. The van der Waals surface area contributed by atoms with Crippen LogP contribution >= 0.6 is 11.6 Å². The zero-order valence-corrected chi connectivity index (χ0v) is 10.2. The molecule has 0 aliphatic rings. The number of methoxy groups -OCH3 is 1. The fourth-order valence-electron chi connectivity index (χ4n) is 1.62. The molecule has 1 unspecified atom stereocenters. The number of aryl methyl sites for hydroxylation is 1. The molecule has 0 radical (unpaired) electrons. The molecule has 0 saturated heterocycles. The Labute approximate surface area is 95.6 Å². The van der Waals surface area contributed by atoms with Crippen LogP contribution in [0.3, 0.4) is 0 Å². The first-order valence-corrected chi connectivity index (χ1v) is 5.55. The monoisotopic (exact) mass is 231 g/mol. The molecule has 1 N–H and O–H groups in total. The van der Waals surface area contributed by atoms with Crippen LogP contribution in [0.1, 0.15) is 25.6 Å². The first kappa shape index (κ1) is 12.5. The van der Waals surface area contributed by atoms with Crippen LogP contribution in [-0.4, -0.2) is 30.0 Å². The highest BCUT2D eigenvalue weighted by Gasteiger charge is 2.18. The quantitative estimate of drug-likeness (QED) is 0.812. The first-order chi connectivity index (χ1) is 7.24. The smallest absolute Gasteiger partial charge is 0.0835 e. The number of hydrogen-bond acceptors (Lipinski definition) is 3. The molecule has 0 amide bonds. The third-order valence-corrected chi connectivity index (χ3v) is 2.54. The van der Waals surface area contributed by atoms with Gasteiger partial charge in [-0.25, -0.2) is 0 Å². The maximum Gasteiger partial charge on any atom is 0.0835 e. The lowest BCUT2D eigenvalue weighted by Crippen LogP contribution is -2.27. The molecule has 4 nitrogen and oxygen atoms in total. The van der Waals surface area contributed by atoms with Gasteiger partial charge in [0.25, 0.3) is 0 Å². The van der Waals surface area contributed by atoms with E-state index in [0.29, 0.717) is 11.6 Å². The van der Waals surface area contributed by atoms with Gasteiger partial charge >= 0.3 is 0 Å². The van der Waals surface area contributed by atoms with Crippen molar-refractivity contribution in [2.24, 2.45) is 0 Å². The second-order valence-corrected chi connectivity index (χ2v) is 3.67. The minimum Gasteiger partial charge on any atom is -0.383 e. The highest BCUT2D eigenvalue weighted by molar-refractivity contribution is 6.31. The summed E-state index contributed by atoms with van der Waals surface area (Å²) >= 11 is 6.11. The Morgan fingerprint density at radius 3 is 2.87 bits per heavy atom. The van der Waals surface area contributed by atoms with Crippen LogP contribution in [0.4, 0.5) is 0 Å². The molecule has 0 fully saturated rings. The van der Waals surface area contributed by atoms with Crippen molar-refractivity contribution in [1.29, 1.82) is 0 Å². The highest BCUT2D eigenvalue weighted by Crippen LogP contribution is 2.22. The topological polar surface area (TPSA) is 39.1 Å². The van der Waals surface area contributed by atoms with Crippen molar-refractivity contribution in [3.8, 4) is 0 Å². The largest absolute Gasteiger partial charge is 0.383 e. The number of ether oxygens (including phenoxy) is 1. The van der Waals surface area contributed by atoms with Crippen molar-refractivity contribution in [1.82, 2.24) is 15.1 Å². The average Bonchev–Trinajstić information content (AvgIpc) is 2.59. The minimum atomic E-state index is 0.106. The van der Waals surface area contributed by atoms with E-state index in [1.54, 1.807) is 13.3 Å². The van der Waals surface area contributed by atoms with Gasteiger partial charge in [0.15, 0.2) is 0 Å². The van der Waals surface area contributed by atoms with Crippen LogP contribution in [0.15, 0.2) is 6.20 Å². The molecule has 5 heteroatoms. The van der Waals surface area contributed by atoms with Crippen LogP contribution in [0.2, 0.25) is 5.02 Å². The number of rotatable bonds is 6. The second kappa shape index (κ2) is 6.10. The second-order valence-electron chi connectivity index (χ2n) is 3.26. The Morgan fingerprint density at radius 1 is 1.60 bits per heavy atom. The van der Waals surface area contributed by atoms with E-state index in [-0.39, 0.29) is 6.04 Å². The summed E-state index contributed by atoms with van der Waals surface area (Å²) in [6.07, 6.45) is 1.68. The number of hydrogen-bond donors (Lipinski definition) is 1. The maximum atomic E-state index is 6.11. The van der Waals surface area contributed by atoms with E-state index >= 15 is 0 Å². The van der Waals surface area contributed by atoms with Gasteiger partial charge in [-0.3, -0.25) is 4.68 Å². The molecule has 1 rings (SSSR count). The van der Waals surface area contributed by atoms with Crippen molar-refractivity contribution < 1.29 is 4.74 Å². The average molecular weight is 232 g/mol. The summed E-state index contributed by atoms with van der Waals surface area (Å²) in [4.78, 5) is 0. The molecule has 0 aliphatic carbocycles. The van der Waals surface area contributed by atoms with Crippen molar-refractivity contribution in [3.63, 3.8) is 0 Å². The fraction of sp³-hybridized carbons (Fsp3) is 0.700. The summed E-state index contributed by atoms with van der Waals surface area (Å²) in [6, 6.07) is 0.106. The van der Waals surface area contributed by atoms with Crippen LogP contribution in [0.25, 0.3) is 0 Å². The van der Waals surface area contributed by atoms with Gasteiger partial charge in [-0.15, -0.1) is 0 Å². The molecule has 1 heterocycles. The van der Waals surface area contributed by atoms with Crippen LogP contribution in [0, 0.1) is 0 Å². The summed E-state index contributed by atoms with van der Waals surface area (Å²) in [5, 5.41) is 8.23. The first-order valence-electron chi connectivity index (χ1n) is 5.18. The number of nitrogens with one attached hydrogen (secondary N) is 1. The van der Waals surface area contributed by atoms with Gasteiger partial charge in [0.2, 0.25) is 0 Å². The van der Waals surface area contributed by atoms with E-state index in [9.17, 15) is 0 Å². The molecule has 0 spiro atoms. The zero-order chi connectivity index (χ0) is 11.3. The SMILES string of the molecule is CCNC(COC)c1c(Cl)cnn1CC. The number of halogens is 1. The molecule has 1 aromatic heterocycles. The Bertz CT molecular complexity index is 295. The van der Waals surface area contributed by atoms with Crippen molar-refractivity contribution in [2.75, 3.05) is 20.3 Å². The molecular formula is C10H18ClN3O. The zero-order valence-electron chi connectivity index (χ0n) is 9.46. The summed E-state index contributed by atoms with van der Waals surface area (Å²) < 4.78 is 7.07. The van der Waals surface area contributed by atoms with Gasteiger partial charge in [0.05, 0.1) is 29.6 Å². The summed E-state index contributed by atoms with van der Waals surface area (Å²) in [5.74, 6) is 0. The fourth-order valence-corrected chi connectivity index (χ4v) is 1.89. The lowest BCUT2D eigenvalue weighted by atomic mass is 10.2. The van der Waals surface area contributed by atoms with Gasteiger partial charge in [-0.1, -0.05) is 18.5 Å². The summed E-state index contributed by atoms with van der Waals surface area (Å²) in [7, 11) is 1.69. The molecule has 1 aromatic rings. The Hall–Kier alpha value is -0.580. The van der Waals surface area contributed by atoms with E-state index < -0.39 is 0 Å². The normalized spacial score (nSPS) is 13.1. The van der Waals surface area contributed by atoms with E-state index in [0.717, 1.165) is 18.8 Å². The maximum absolute atomic E-state index is 6.11. The van der Waals surface area contributed by atoms with Gasteiger partial charge in [-0.2, -0.15) is 5.10 Å². The van der Waals surface area contributed by atoms with Crippen molar-refractivity contribution >= 4 is 11.6 Å². The molecule has 0 bridgehead atoms. The van der Waals surface area contributed by atoms with Crippen LogP contribution in [0.5, 0.6) is 0 Å². The van der Waals surface area contributed by atoms with Gasteiger partial charge in [-0.05, 0) is 13.5 Å².